The molecular formula is C18H18O. The zero-order valence-corrected chi connectivity index (χ0v) is 11.2. The minimum Gasteiger partial charge on any atom is -0.489 e. The molecule has 0 saturated heterocycles. The van der Waals surface area contributed by atoms with Crippen molar-refractivity contribution >= 4 is 0 Å². The SMILES string of the molecule is CC#CCCc1ccc(OCc2ccccc2)cc1. The second-order valence-electron chi connectivity index (χ2n) is 4.35. The van der Waals surface area contributed by atoms with E-state index in [2.05, 4.69) is 36.1 Å². The van der Waals surface area contributed by atoms with Crippen molar-refractivity contribution in [2.45, 2.75) is 26.4 Å². The van der Waals surface area contributed by atoms with Gasteiger partial charge in [0.2, 0.25) is 0 Å². The van der Waals surface area contributed by atoms with Crippen LogP contribution in [0.3, 0.4) is 0 Å². The highest BCUT2D eigenvalue weighted by Crippen LogP contribution is 2.15. The maximum Gasteiger partial charge on any atom is 0.119 e. The van der Waals surface area contributed by atoms with E-state index in [1.807, 2.05) is 37.3 Å². The molecule has 0 atom stereocenters. The molecule has 2 aromatic rings. The molecule has 0 aliphatic rings. The predicted molar refractivity (Wildman–Crippen MR) is 79.0 cm³/mol. The lowest BCUT2D eigenvalue weighted by Gasteiger charge is -2.07. The van der Waals surface area contributed by atoms with Gasteiger partial charge in [-0.1, -0.05) is 42.5 Å². The fraction of sp³-hybridized carbons (Fsp3) is 0.222. The van der Waals surface area contributed by atoms with E-state index in [0.29, 0.717) is 6.61 Å². The molecule has 0 amide bonds. The first kappa shape index (κ1) is 13.2. The Kier molecular flexibility index (Phi) is 5.07. The van der Waals surface area contributed by atoms with Crippen LogP contribution in [-0.4, -0.2) is 0 Å². The van der Waals surface area contributed by atoms with Crippen LogP contribution in [0.25, 0.3) is 0 Å². The quantitative estimate of drug-likeness (QED) is 0.722. The number of hydrogen-bond donors (Lipinski definition) is 0. The van der Waals surface area contributed by atoms with Crippen LogP contribution in [0.1, 0.15) is 24.5 Å². The van der Waals surface area contributed by atoms with E-state index in [1.54, 1.807) is 0 Å². The third kappa shape index (κ3) is 4.52. The van der Waals surface area contributed by atoms with Crippen molar-refractivity contribution in [2.24, 2.45) is 0 Å². The molecule has 0 heterocycles. The lowest BCUT2D eigenvalue weighted by Crippen LogP contribution is -1.95. The van der Waals surface area contributed by atoms with Crippen LogP contribution in [0, 0.1) is 11.8 Å². The van der Waals surface area contributed by atoms with Gasteiger partial charge in [0, 0.05) is 6.42 Å². The van der Waals surface area contributed by atoms with Gasteiger partial charge in [-0.2, -0.15) is 0 Å². The van der Waals surface area contributed by atoms with Gasteiger partial charge in [-0.15, -0.1) is 11.8 Å². The summed E-state index contributed by atoms with van der Waals surface area (Å²) in [5.41, 5.74) is 2.49. The molecule has 0 saturated carbocycles. The second kappa shape index (κ2) is 7.28. The smallest absolute Gasteiger partial charge is 0.119 e. The average molecular weight is 250 g/mol. The van der Waals surface area contributed by atoms with Crippen LogP contribution in [0.15, 0.2) is 54.6 Å². The van der Waals surface area contributed by atoms with Gasteiger partial charge in [-0.25, -0.2) is 0 Å². The molecular weight excluding hydrogens is 232 g/mol. The molecule has 2 rings (SSSR count). The summed E-state index contributed by atoms with van der Waals surface area (Å²) in [5, 5.41) is 0. The van der Waals surface area contributed by atoms with Gasteiger partial charge in [-0.3, -0.25) is 0 Å². The Morgan fingerprint density at radius 3 is 2.32 bits per heavy atom. The minimum atomic E-state index is 0.613. The summed E-state index contributed by atoms with van der Waals surface area (Å²) < 4.78 is 5.74. The summed E-state index contributed by atoms with van der Waals surface area (Å²) >= 11 is 0. The maximum absolute atomic E-state index is 5.74. The van der Waals surface area contributed by atoms with Crippen LogP contribution in [0.2, 0.25) is 0 Å². The van der Waals surface area contributed by atoms with Crippen LogP contribution >= 0.6 is 0 Å². The van der Waals surface area contributed by atoms with Gasteiger partial charge >= 0.3 is 0 Å². The molecule has 1 heteroatoms. The highest BCUT2D eigenvalue weighted by atomic mass is 16.5. The molecule has 19 heavy (non-hydrogen) atoms. The summed E-state index contributed by atoms with van der Waals surface area (Å²) in [4.78, 5) is 0. The fourth-order valence-corrected chi connectivity index (χ4v) is 1.83. The first-order chi connectivity index (χ1) is 9.38. The normalized spacial score (nSPS) is 9.53. The van der Waals surface area contributed by atoms with Gasteiger partial charge in [-0.05, 0) is 36.6 Å². The van der Waals surface area contributed by atoms with Crippen molar-refractivity contribution < 1.29 is 4.74 Å². The van der Waals surface area contributed by atoms with Gasteiger partial charge in [0.25, 0.3) is 0 Å². The Bertz CT molecular complexity index is 544. The van der Waals surface area contributed by atoms with Crippen molar-refractivity contribution in [3.63, 3.8) is 0 Å². The molecule has 0 aromatic heterocycles. The molecule has 1 nitrogen and oxygen atoms in total. The summed E-state index contributed by atoms with van der Waals surface area (Å²) in [6.07, 6.45) is 1.92. The van der Waals surface area contributed by atoms with E-state index in [4.69, 9.17) is 4.74 Å². The number of aryl methyl sites for hydroxylation is 1. The largest absolute Gasteiger partial charge is 0.489 e. The van der Waals surface area contributed by atoms with Crippen molar-refractivity contribution in [1.29, 1.82) is 0 Å². The highest BCUT2D eigenvalue weighted by molar-refractivity contribution is 5.28. The van der Waals surface area contributed by atoms with Crippen molar-refractivity contribution in [2.75, 3.05) is 0 Å². The Balaban J connectivity index is 1.86. The van der Waals surface area contributed by atoms with Crippen LogP contribution in [0.5, 0.6) is 5.75 Å². The number of ether oxygens (including phenoxy) is 1. The predicted octanol–water partition coefficient (Wildman–Crippen LogP) is 4.22. The zero-order valence-electron chi connectivity index (χ0n) is 11.2. The van der Waals surface area contributed by atoms with Gasteiger partial charge in [0.15, 0.2) is 0 Å². The van der Waals surface area contributed by atoms with E-state index in [9.17, 15) is 0 Å². The van der Waals surface area contributed by atoms with E-state index in [-0.39, 0.29) is 0 Å². The summed E-state index contributed by atoms with van der Waals surface area (Å²) in [6.45, 7) is 2.49. The van der Waals surface area contributed by atoms with Gasteiger partial charge in [0.1, 0.15) is 12.4 Å². The van der Waals surface area contributed by atoms with E-state index < -0.39 is 0 Å². The topological polar surface area (TPSA) is 9.23 Å². The third-order valence-electron chi connectivity index (χ3n) is 2.89. The number of rotatable bonds is 5. The average Bonchev–Trinajstić information content (AvgIpc) is 2.48. The first-order valence-corrected chi connectivity index (χ1v) is 6.54. The van der Waals surface area contributed by atoms with E-state index >= 15 is 0 Å². The van der Waals surface area contributed by atoms with E-state index in [0.717, 1.165) is 18.6 Å². The summed E-state index contributed by atoms with van der Waals surface area (Å²) in [5.74, 6) is 6.90. The molecule has 0 bridgehead atoms. The van der Waals surface area contributed by atoms with Gasteiger partial charge < -0.3 is 4.74 Å². The molecule has 0 radical (unpaired) electrons. The molecule has 0 fully saturated rings. The maximum atomic E-state index is 5.74. The lowest BCUT2D eigenvalue weighted by molar-refractivity contribution is 0.306. The Morgan fingerprint density at radius 1 is 0.895 bits per heavy atom. The standard InChI is InChI=1S/C18H18O/c1-2-3-5-8-16-11-13-18(14-12-16)19-15-17-9-6-4-7-10-17/h4,6-7,9-14H,5,8,15H2,1H3. The molecule has 0 spiro atoms. The fourth-order valence-electron chi connectivity index (χ4n) is 1.83. The Morgan fingerprint density at radius 2 is 1.63 bits per heavy atom. The monoisotopic (exact) mass is 250 g/mol. The summed E-state index contributed by atoms with van der Waals surface area (Å²) in [6, 6.07) is 18.5. The Hall–Kier alpha value is -2.20. The molecule has 2 aromatic carbocycles. The molecule has 0 aliphatic carbocycles. The van der Waals surface area contributed by atoms with Crippen LogP contribution < -0.4 is 4.74 Å². The molecule has 96 valence electrons. The van der Waals surface area contributed by atoms with Crippen molar-refractivity contribution in [3.8, 4) is 17.6 Å². The van der Waals surface area contributed by atoms with Gasteiger partial charge in [0.05, 0.1) is 0 Å². The van der Waals surface area contributed by atoms with Crippen LogP contribution in [-0.2, 0) is 13.0 Å². The summed E-state index contributed by atoms with van der Waals surface area (Å²) in [7, 11) is 0. The minimum absolute atomic E-state index is 0.613. The number of hydrogen-bond acceptors (Lipinski definition) is 1. The van der Waals surface area contributed by atoms with Crippen molar-refractivity contribution in [3.05, 3.63) is 65.7 Å². The van der Waals surface area contributed by atoms with Crippen molar-refractivity contribution in [1.82, 2.24) is 0 Å². The Labute approximate surface area is 115 Å². The highest BCUT2D eigenvalue weighted by Gasteiger charge is 1.96. The lowest BCUT2D eigenvalue weighted by atomic mass is 10.1. The third-order valence-corrected chi connectivity index (χ3v) is 2.89. The number of benzene rings is 2. The van der Waals surface area contributed by atoms with Crippen LogP contribution in [0.4, 0.5) is 0 Å². The zero-order chi connectivity index (χ0) is 13.3. The first-order valence-electron chi connectivity index (χ1n) is 6.54. The molecule has 0 aliphatic heterocycles. The molecule has 0 unspecified atom stereocenters. The van der Waals surface area contributed by atoms with E-state index in [1.165, 1.54) is 11.1 Å². The second-order valence-corrected chi connectivity index (χ2v) is 4.35. The molecule has 0 N–H and O–H groups in total.